The topological polar surface area (TPSA) is 43.8 Å². The van der Waals surface area contributed by atoms with Crippen LogP contribution in [0.4, 0.5) is 0 Å². The minimum Gasteiger partial charge on any atom is -0.330 e. The summed E-state index contributed by atoms with van der Waals surface area (Å²) in [5.74, 6) is 1.01. The number of rotatable bonds is 3. The highest BCUT2D eigenvalue weighted by molar-refractivity contribution is 5.40. The second kappa shape index (κ2) is 3.70. The Hall–Kier alpha value is -1.61. The molecule has 0 spiro atoms. The van der Waals surface area contributed by atoms with Crippen molar-refractivity contribution >= 4 is 0 Å². The van der Waals surface area contributed by atoms with Crippen LogP contribution in [0.5, 0.6) is 0 Å². The molecule has 2 N–H and O–H groups in total. The van der Waals surface area contributed by atoms with E-state index < -0.39 is 0 Å². The van der Waals surface area contributed by atoms with Crippen molar-refractivity contribution in [1.29, 1.82) is 0 Å². The summed E-state index contributed by atoms with van der Waals surface area (Å²) in [5.41, 5.74) is 8.66. The van der Waals surface area contributed by atoms with Gasteiger partial charge >= 0.3 is 0 Å². The molecule has 0 unspecified atom stereocenters. The Morgan fingerprint density at radius 3 is 2.47 bits per heavy atom. The number of aryl methyl sites for hydroxylation is 1. The number of hydrogen-bond acceptors (Lipinski definition) is 2. The molecule has 0 bridgehead atoms. The van der Waals surface area contributed by atoms with E-state index in [1.54, 1.807) is 0 Å². The molecular formula is C14H17N3. The second-order valence-electron chi connectivity index (χ2n) is 4.88. The Morgan fingerprint density at radius 1 is 1.29 bits per heavy atom. The highest BCUT2D eigenvalue weighted by Gasteiger charge is 2.42. The van der Waals surface area contributed by atoms with Crippen LogP contribution in [-0.2, 0) is 5.41 Å². The van der Waals surface area contributed by atoms with Crippen molar-refractivity contribution in [2.75, 3.05) is 6.54 Å². The summed E-state index contributed by atoms with van der Waals surface area (Å²) in [4.78, 5) is 4.24. The van der Waals surface area contributed by atoms with Crippen LogP contribution in [0.3, 0.4) is 0 Å². The summed E-state index contributed by atoms with van der Waals surface area (Å²) in [5, 5.41) is 0. The van der Waals surface area contributed by atoms with Crippen molar-refractivity contribution in [3.05, 3.63) is 48.0 Å². The van der Waals surface area contributed by atoms with E-state index in [1.807, 2.05) is 19.3 Å². The first-order valence-corrected chi connectivity index (χ1v) is 6.06. The average Bonchev–Trinajstić information content (AvgIpc) is 3.06. The van der Waals surface area contributed by atoms with Gasteiger partial charge in [0.05, 0.1) is 0 Å². The molecule has 0 saturated heterocycles. The molecule has 3 nitrogen and oxygen atoms in total. The molecule has 1 aromatic carbocycles. The maximum Gasteiger partial charge on any atom is 0.110 e. The minimum atomic E-state index is 0.280. The number of hydrogen-bond donors (Lipinski definition) is 1. The van der Waals surface area contributed by atoms with Crippen LogP contribution >= 0.6 is 0 Å². The van der Waals surface area contributed by atoms with E-state index in [9.17, 15) is 0 Å². The molecule has 0 amide bonds. The smallest absolute Gasteiger partial charge is 0.110 e. The zero-order chi connectivity index (χ0) is 11.9. The lowest BCUT2D eigenvalue weighted by Crippen LogP contribution is -2.19. The number of imidazole rings is 1. The first-order chi connectivity index (χ1) is 8.25. The molecule has 0 atom stereocenters. The van der Waals surface area contributed by atoms with Crippen LogP contribution < -0.4 is 5.73 Å². The summed E-state index contributed by atoms with van der Waals surface area (Å²) >= 11 is 0. The third-order valence-corrected chi connectivity index (χ3v) is 3.83. The van der Waals surface area contributed by atoms with Gasteiger partial charge in [0.2, 0.25) is 0 Å². The molecule has 0 radical (unpaired) electrons. The van der Waals surface area contributed by atoms with Crippen molar-refractivity contribution in [2.45, 2.75) is 25.2 Å². The standard InChI is InChI=1S/C14H17N3/c1-11-16-8-9-17(11)13-4-2-12(3-5-13)14(10-15)6-7-14/h2-5,8-9H,6-7,10,15H2,1H3. The zero-order valence-corrected chi connectivity index (χ0v) is 10.1. The van der Waals surface area contributed by atoms with Crippen molar-refractivity contribution in [1.82, 2.24) is 9.55 Å². The normalized spacial score (nSPS) is 17.1. The van der Waals surface area contributed by atoms with Gasteiger partial charge in [-0.3, -0.25) is 0 Å². The van der Waals surface area contributed by atoms with E-state index in [4.69, 9.17) is 5.73 Å². The predicted octanol–water partition coefficient (Wildman–Crippen LogP) is 2.17. The Labute approximate surface area is 101 Å². The summed E-state index contributed by atoms with van der Waals surface area (Å²) in [6, 6.07) is 8.71. The predicted molar refractivity (Wildman–Crippen MR) is 68.3 cm³/mol. The number of aromatic nitrogens is 2. The highest BCUT2D eigenvalue weighted by Crippen LogP contribution is 2.47. The van der Waals surface area contributed by atoms with Gasteiger partial charge in [0, 0.05) is 30.0 Å². The second-order valence-corrected chi connectivity index (χ2v) is 4.88. The first-order valence-electron chi connectivity index (χ1n) is 6.06. The van der Waals surface area contributed by atoms with Crippen LogP contribution in [-0.4, -0.2) is 16.1 Å². The number of benzene rings is 1. The molecule has 0 aliphatic heterocycles. The SMILES string of the molecule is Cc1nccn1-c1ccc(C2(CN)CC2)cc1. The average molecular weight is 227 g/mol. The van der Waals surface area contributed by atoms with Gasteiger partial charge < -0.3 is 10.3 Å². The third-order valence-electron chi connectivity index (χ3n) is 3.83. The Bertz CT molecular complexity index is 521. The quantitative estimate of drug-likeness (QED) is 0.873. The molecule has 1 aliphatic rings. The summed E-state index contributed by atoms with van der Waals surface area (Å²) < 4.78 is 2.09. The molecule has 1 aromatic heterocycles. The number of nitrogens with two attached hydrogens (primary N) is 1. The fourth-order valence-electron chi connectivity index (χ4n) is 2.39. The van der Waals surface area contributed by atoms with Crippen LogP contribution in [0, 0.1) is 6.92 Å². The Morgan fingerprint density at radius 2 is 2.00 bits per heavy atom. The van der Waals surface area contributed by atoms with Gasteiger partial charge in [-0.25, -0.2) is 4.98 Å². The summed E-state index contributed by atoms with van der Waals surface area (Å²) in [7, 11) is 0. The van der Waals surface area contributed by atoms with E-state index in [-0.39, 0.29) is 5.41 Å². The molecule has 2 aromatic rings. The number of nitrogens with zero attached hydrogens (tertiary/aromatic N) is 2. The maximum atomic E-state index is 5.84. The third kappa shape index (κ3) is 1.67. The summed E-state index contributed by atoms with van der Waals surface area (Å²) in [6.07, 6.45) is 6.27. The molecule has 88 valence electrons. The van der Waals surface area contributed by atoms with Gasteiger partial charge in [-0.15, -0.1) is 0 Å². The fraction of sp³-hybridized carbons (Fsp3) is 0.357. The van der Waals surface area contributed by atoms with E-state index in [0.29, 0.717) is 0 Å². The highest BCUT2D eigenvalue weighted by atomic mass is 15.1. The largest absolute Gasteiger partial charge is 0.330 e. The maximum absolute atomic E-state index is 5.84. The van der Waals surface area contributed by atoms with E-state index in [2.05, 4.69) is 33.8 Å². The molecule has 1 aliphatic carbocycles. The molecule has 17 heavy (non-hydrogen) atoms. The lowest BCUT2D eigenvalue weighted by atomic mass is 9.96. The molecule has 1 saturated carbocycles. The molecule has 1 heterocycles. The van der Waals surface area contributed by atoms with E-state index >= 15 is 0 Å². The van der Waals surface area contributed by atoms with Crippen molar-refractivity contribution < 1.29 is 0 Å². The fourth-order valence-corrected chi connectivity index (χ4v) is 2.39. The van der Waals surface area contributed by atoms with Crippen molar-refractivity contribution in [3.8, 4) is 5.69 Å². The van der Waals surface area contributed by atoms with Gasteiger partial charge in [0.1, 0.15) is 5.82 Å². The van der Waals surface area contributed by atoms with Crippen LogP contribution in [0.2, 0.25) is 0 Å². The Kier molecular flexibility index (Phi) is 2.30. The monoisotopic (exact) mass is 227 g/mol. The molecule has 3 rings (SSSR count). The van der Waals surface area contributed by atoms with Crippen LogP contribution in [0.15, 0.2) is 36.7 Å². The first kappa shape index (κ1) is 10.5. The lowest BCUT2D eigenvalue weighted by Gasteiger charge is -2.13. The molecule has 1 fully saturated rings. The van der Waals surface area contributed by atoms with Crippen LogP contribution in [0.1, 0.15) is 24.2 Å². The van der Waals surface area contributed by atoms with Gasteiger partial charge in [-0.1, -0.05) is 12.1 Å². The Balaban J connectivity index is 1.93. The van der Waals surface area contributed by atoms with Gasteiger partial charge in [0.25, 0.3) is 0 Å². The molecule has 3 heteroatoms. The van der Waals surface area contributed by atoms with Crippen molar-refractivity contribution in [3.63, 3.8) is 0 Å². The summed E-state index contributed by atoms with van der Waals surface area (Å²) in [6.45, 7) is 2.77. The minimum absolute atomic E-state index is 0.280. The van der Waals surface area contributed by atoms with Gasteiger partial charge in [-0.05, 0) is 37.5 Å². The van der Waals surface area contributed by atoms with Gasteiger partial charge in [-0.2, -0.15) is 0 Å². The molecular weight excluding hydrogens is 210 g/mol. The zero-order valence-electron chi connectivity index (χ0n) is 10.1. The van der Waals surface area contributed by atoms with Gasteiger partial charge in [0.15, 0.2) is 0 Å². The lowest BCUT2D eigenvalue weighted by molar-refractivity contribution is 0.704. The van der Waals surface area contributed by atoms with Crippen molar-refractivity contribution in [2.24, 2.45) is 5.73 Å². The van der Waals surface area contributed by atoms with E-state index in [1.165, 1.54) is 18.4 Å². The van der Waals surface area contributed by atoms with E-state index in [0.717, 1.165) is 18.1 Å². The van der Waals surface area contributed by atoms with Crippen LogP contribution in [0.25, 0.3) is 5.69 Å².